The number of nitrogens with one attached hydrogen (secondary N) is 1. The van der Waals surface area contributed by atoms with Gasteiger partial charge in [-0.2, -0.15) is 0 Å². The SMILES string of the molecule is O=C(O)CN(C(=O)C1CCCCCC1NC(=O)OCC1c2ccccc2-c2ccccc21)C1CC1. The first-order chi connectivity index (χ1) is 17.0. The molecule has 0 saturated heterocycles. The summed E-state index contributed by atoms with van der Waals surface area (Å²) in [5.41, 5.74) is 4.64. The molecule has 5 rings (SSSR count). The summed E-state index contributed by atoms with van der Waals surface area (Å²) in [6.07, 6.45) is 5.31. The zero-order valence-corrected chi connectivity index (χ0v) is 19.8. The van der Waals surface area contributed by atoms with Crippen LogP contribution in [-0.2, 0) is 14.3 Å². The van der Waals surface area contributed by atoms with E-state index in [1.165, 1.54) is 16.0 Å². The minimum atomic E-state index is -1.00. The van der Waals surface area contributed by atoms with Gasteiger partial charge in [0, 0.05) is 18.0 Å². The van der Waals surface area contributed by atoms with E-state index in [1.807, 2.05) is 24.3 Å². The molecule has 2 N–H and O–H groups in total. The van der Waals surface area contributed by atoms with Crippen LogP contribution in [-0.4, -0.2) is 53.2 Å². The fourth-order valence-electron chi connectivity index (χ4n) is 5.70. The van der Waals surface area contributed by atoms with Crippen LogP contribution in [0.15, 0.2) is 48.5 Å². The second-order valence-corrected chi connectivity index (χ2v) is 9.91. The average molecular weight is 477 g/mol. The van der Waals surface area contributed by atoms with Crippen molar-refractivity contribution < 1.29 is 24.2 Å². The monoisotopic (exact) mass is 476 g/mol. The minimum Gasteiger partial charge on any atom is -0.480 e. The summed E-state index contributed by atoms with van der Waals surface area (Å²) in [6.45, 7) is -0.0595. The van der Waals surface area contributed by atoms with Crippen molar-refractivity contribution in [3.8, 4) is 11.1 Å². The number of rotatable bonds is 7. The van der Waals surface area contributed by atoms with Crippen molar-refractivity contribution in [2.45, 2.75) is 62.9 Å². The quantitative estimate of drug-likeness (QED) is 0.572. The molecule has 3 aliphatic rings. The molecule has 2 atom stereocenters. The highest BCUT2D eigenvalue weighted by Gasteiger charge is 2.40. The fourth-order valence-corrected chi connectivity index (χ4v) is 5.70. The van der Waals surface area contributed by atoms with Crippen LogP contribution in [0.5, 0.6) is 0 Å². The van der Waals surface area contributed by atoms with Gasteiger partial charge in [-0.3, -0.25) is 9.59 Å². The van der Waals surface area contributed by atoms with Crippen LogP contribution in [0.2, 0.25) is 0 Å². The van der Waals surface area contributed by atoms with Crippen LogP contribution in [0.4, 0.5) is 4.79 Å². The topological polar surface area (TPSA) is 95.9 Å². The van der Waals surface area contributed by atoms with Crippen LogP contribution in [0.1, 0.15) is 62.0 Å². The Labute approximate surface area is 205 Å². The van der Waals surface area contributed by atoms with Gasteiger partial charge in [0.2, 0.25) is 5.91 Å². The molecule has 0 bridgehead atoms. The number of fused-ring (bicyclic) bond motifs is 3. The number of carboxylic acids is 1. The number of carboxylic acid groups (broad SMARTS) is 1. The lowest BCUT2D eigenvalue weighted by molar-refractivity contribution is -0.147. The van der Waals surface area contributed by atoms with Gasteiger partial charge in [-0.25, -0.2) is 4.79 Å². The van der Waals surface area contributed by atoms with E-state index in [0.29, 0.717) is 12.8 Å². The highest BCUT2D eigenvalue weighted by Crippen LogP contribution is 2.44. The van der Waals surface area contributed by atoms with Crippen molar-refractivity contribution in [2.24, 2.45) is 5.92 Å². The van der Waals surface area contributed by atoms with Gasteiger partial charge >= 0.3 is 12.1 Å². The molecule has 35 heavy (non-hydrogen) atoms. The molecule has 0 aromatic heterocycles. The summed E-state index contributed by atoms with van der Waals surface area (Å²) in [7, 11) is 0. The number of amides is 2. The van der Waals surface area contributed by atoms with Gasteiger partial charge in [-0.05, 0) is 47.9 Å². The normalized spacial score (nSPS) is 21.4. The van der Waals surface area contributed by atoms with Gasteiger partial charge in [-0.1, -0.05) is 67.8 Å². The average Bonchev–Trinajstić information content (AvgIpc) is 3.67. The highest BCUT2D eigenvalue weighted by atomic mass is 16.5. The van der Waals surface area contributed by atoms with Gasteiger partial charge in [0.15, 0.2) is 0 Å². The van der Waals surface area contributed by atoms with Gasteiger partial charge in [-0.15, -0.1) is 0 Å². The lowest BCUT2D eigenvalue weighted by Gasteiger charge is -2.30. The van der Waals surface area contributed by atoms with Crippen molar-refractivity contribution in [1.29, 1.82) is 0 Å². The maximum Gasteiger partial charge on any atom is 0.407 e. The van der Waals surface area contributed by atoms with E-state index >= 15 is 0 Å². The number of alkyl carbamates (subject to hydrolysis) is 1. The Hall–Kier alpha value is -3.35. The molecule has 2 fully saturated rings. The number of carbonyl (C=O) groups excluding carboxylic acids is 2. The largest absolute Gasteiger partial charge is 0.480 e. The van der Waals surface area contributed by atoms with Crippen LogP contribution < -0.4 is 5.32 Å². The summed E-state index contributed by atoms with van der Waals surface area (Å²) >= 11 is 0. The number of hydrogen-bond acceptors (Lipinski definition) is 4. The maximum atomic E-state index is 13.4. The van der Waals surface area contributed by atoms with Crippen LogP contribution in [0, 0.1) is 5.92 Å². The molecule has 184 valence electrons. The third-order valence-corrected chi connectivity index (χ3v) is 7.56. The summed E-state index contributed by atoms with van der Waals surface area (Å²) < 4.78 is 5.73. The van der Waals surface area contributed by atoms with E-state index in [9.17, 15) is 19.5 Å². The molecule has 2 aromatic carbocycles. The van der Waals surface area contributed by atoms with E-state index in [4.69, 9.17) is 4.74 Å². The van der Waals surface area contributed by atoms with E-state index in [1.54, 1.807) is 0 Å². The Morgan fingerprint density at radius 2 is 1.51 bits per heavy atom. The Balaban J connectivity index is 1.26. The first-order valence-electron chi connectivity index (χ1n) is 12.7. The molecule has 3 aliphatic carbocycles. The summed E-state index contributed by atoms with van der Waals surface area (Å²) in [5.74, 6) is -1.60. The minimum absolute atomic E-state index is 0.0111. The number of benzene rings is 2. The zero-order valence-electron chi connectivity index (χ0n) is 19.8. The molecule has 2 amide bonds. The molecule has 7 nitrogen and oxygen atoms in total. The molecular formula is C28H32N2O5. The Kier molecular flexibility index (Phi) is 6.75. The predicted molar refractivity (Wildman–Crippen MR) is 131 cm³/mol. The lowest BCUT2D eigenvalue weighted by Crippen LogP contribution is -2.49. The molecule has 0 aliphatic heterocycles. The Morgan fingerprint density at radius 1 is 0.886 bits per heavy atom. The number of hydrogen-bond donors (Lipinski definition) is 2. The fraction of sp³-hybridized carbons (Fsp3) is 0.464. The molecule has 2 aromatic rings. The number of aliphatic carboxylic acids is 1. The summed E-state index contributed by atoms with van der Waals surface area (Å²) in [6, 6.07) is 16.1. The molecule has 0 heterocycles. The third-order valence-electron chi connectivity index (χ3n) is 7.56. The van der Waals surface area contributed by atoms with Crippen LogP contribution in [0.25, 0.3) is 11.1 Å². The molecular weight excluding hydrogens is 444 g/mol. The summed E-state index contributed by atoms with van der Waals surface area (Å²) in [5, 5.41) is 12.3. The maximum absolute atomic E-state index is 13.4. The van der Waals surface area contributed by atoms with Gasteiger partial charge in [0.25, 0.3) is 0 Å². The highest BCUT2D eigenvalue weighted by molar-refractivity contribution is 5.85. The molecule has 2 unspecified atom stereocenters. The molecule has 0 spiro atoms. The van der Waals surface area contributed by atoms with E-state index in [2.05, 4.69) is 29.6 Å². The molecule has 2 saturated carbocycles. The van der Waals surface area contributed by atoms with E-state index < -0.39 is 18.0 Å². The van der Waals surface area contributed by atoms with Crippen molar-refractivity contribution in [3.63, 3.8) is 0 Å². The lowest BCUT2D eigenvalue weighted by atomic mass is 9.93. The first-order valence-corrected chi connectivity index (χ1v) is 12.7. The first kappa shape index (κ1) is 23.4. The predicted octanol–water partition coefficient (Wildman–Crippen LogP) is 4.55. The third kappa shape index (κ3) is 5.04. The zero-order chi connectivity index (χ0) is 24.4. The van der Waals surface area contributed by atoms with E-state index in [-0.39, 0.29) is 37.1 Å². The van der Waals surface area contributed by atoms with Gasteiger partial charge in [0.1, 0.15) is 13.2 Å². The van der Waals surface area contributed by atoms with Crippen LogP contribution >= 0.6 is 0 Å². The Morgan fingerprint density at radius 3 is 2.14 bits per heavy atom. The second-order valence-electron chi connectivity index (χ2n) is 9.91. The number of carbonyl (C=O) groups is 3. The second kappa shape index (κ2) is 10.1. The van der Waals surface area contributed by atoms with Crippen molar-refractivity contribution in [2.75, 3.05) is 13.2 Å². The van der Waals surface area contributed by atoms with Crippen LogP contribution in [0.3, 0.4) is 0 Å². The van der Waals surface area contributed by atoms with Crippen molar-refractivity contribution in [3.05, 3.63) is 59.7 Å². The summed E-state index contributed by atoms with van der Waals surface area (Å²) in [4.78, 5) is 39.1. The van der Waals surface area contributed by atoms with Crippen molar-refractivity contribution >= 4 is 18.0 Å². The number of nitrogens with zero attached hydrogens (tertiary/aromatic N) is 1. The van der Waals surface area contributed by atoms with E-state index in [0.717, 1.165) is 43.2 Å². The van der Waals surface area contributed by atoms with Crippen molar-refractivity contribution in [1.82, 2.24) is 10.2 Å². The standard InChI is InChI=1S/C28H32N2O5/c31-26(32)16-30(18-14-15-18)27(33)23-12-2-1-3-13-25(23)29-28(34)35-17-24-21-10-6-4-8-19(21)20-9-5-7-11-22(20)24/h4-11,18,23-25H,1-3,12-17H2,(H,29,34)(H,31,32). The van der Waals surface area contributed by atoms with Gasteiger partial charge < -0.3 is 20.1 Å². The Bertz CT molecular complexity index is 1070. The molecule has 7 heteroatoms. The van der Waals surface area contributed by atoms with Gasteiger partial charge in [0.05, 0.1) is 5.92 Å². The smallest absolute Gasteiger partial charge is 0.407 e. The number of ether oxygens (including phenoxy) is 1. The molecule has 0 radical (unpaired) electrons.